The van der Waals surface area contributed by atoms with E-state index in [-0.39, 0.29) is 0 Å². The van der Waals surface area contributed by atoms with E-state index in [2.05, 4.69) is 208 Å². The van der Waals surface area contributed by atoms with E-state index < -0.39 is 0 Å². The molecule has 5 nitrogen and oxygen atoms in total. The van der Waals surface area contributed by atoms with E-state index in [0.717, 1.165) is 88.9 Å². The van der Waals surface area contributed by atoms with Gasteiger partial charge in [0.25, 0.3) is 0 Å². The highest BCUT2D eigenvalue weighted by atomic mass is 16.3. The molecule has 14 aromatic rings. The second-order valence-corrected chi connectivity index (χ2v) is 16.4. The van der Waals surface area contributed by atoms with Gasteiger partial charge in [-0.15, -0.1) is 0 Å². The quantitative estimate of drug-likeness (QED) is 0.167. The molecule has 0 aliphatic heterocycles. The maximum absolute atomic E-state index is 6.18. The lowest BCUT2D eigenvalue weighted by molar-refractivity contribution is 0.669. The Bertz CT molecular complexity index is 4130. The van der Waals surface area contributed by atoms with Gasteiger partial charge < -0.3 is 4.42 Å². The first-order chi connectivity index (χ1) is 30.7. The number of imidazole rings is 2. The van der Waals surface area contributed by atoms with Crippen LogP contribution >= 0.6 is 0 Å². The zero-order valence-corrected chi connectivity index (χ0v) is 33.3. The summed E-state index contributed by atoms with van der Waals surface area (Å²) in [6.07, 6.45) is 0. The van der Waals surface area contributed by atoms with Crippen molar-refractivity contribution in [2.24, 2.45) is 0 Å². The molecule has 0 atom stereocenters. The molecule has 14 rings (SSSR count). The maximum atomic E-state index is 6.18. The third kappa shape index (κ3) is 4.65. The zero-order valence-electron chi connectivity index (χ0n) is 33.3. The van der Waals surface area contributed by atoms with Crippen molar-refractivity contribution in [1.82, 2.24) is 18.5 Å². The zero-order chi connectivity index (χ0) is 40.5. The van der Waals surface area contributed by atoms with Gasteiger partial charge in [-0.2, -0.15) is 4.98 Å². The van der Waals surface area contributed by atoms with E-state index in [1.165, 1.54) is 37.9 Å². The number of rotatable bonds is 4. The third-order valence-electron chi connectivity index (χ3n) is 13.0. The van der Waals surface area contributed by atoms with Crippen molar-refractivity contribution in [2.75, 3.05) is 0 Å². The second kappa shape index (κ2) is 12.6. The molecule has 4 heterocycles. The Morgan fingerprint density at radius 3 is 1.68 bits per heavy atom. The Morgan fingerprint density at radius 2 is 0.887 bits per heavy atom. The number of hydrogen-bond acceptors (Lipinski definition) is 2. The first kappa shape index (κ1) is 33.4. The molecule has 0 N–H and O–H groups in total. The van der Waals surface area contributed by atoms with E-state index in [1.807, 2.05) is 12.1 Å². The van der Waals surface area contributed by atoms with Gasteiger partial charge >= 0.3 is 0 Å². The van der Waals surface area contributed by atoms with Crippen molar-refractivity contribution < 1.29 is 4.42 Å². The van der Waals surface area contributed by atoms with Gasteiger partial charge in [-0.05, 0) is 121 Å². The summed E-state index contributed by atoms with van der Waals surface area (Å²) < 4.78 is 13.2. The average molecular weight is 791 g/mol. The van der Waals surface area contributed by atoms with Crippen LogP contribution in [0.3, 0.4) is 0 Å². The largest absolute Gasteiger partial charge is 0.456 e. The number of furan rings is 1. The number of aromatic nitrogens is 4. The van der Waals surface area contributed by atoms with Gasteiger partial charge in [0.05, 0.1) is 16.6 Å². The molecule has 0 unspecified atom stereocenters. The molecule has 0 aliphatic carbocycles. The maximum Gasteiger partial charge on any atom is 0.222 e. The minimum atomic E-state index is 0.869. The fourth-order valence-electron chi connectivity index (χ4n) is 10.2. The summed E-state index contributed by atoms with van der Waals surface area (Å²) in [4.78, 5) is 5.60. The molecule has 0 saturated carbocycles. The van der Waals surface area contributed by atoms with Gasteiger partial charge in [0.15, 0.2) is 5.65 Å². The number of para-hydroxylation sites is 3. The van der Waals surface area contributed by atoms with Crippen LogP contribution in [-0.2, 0) is 0 Å². The van der Waals surface area contributed by atoms with E-state index >= 15 is 0 Å². The van der Waals surface area contributed by atoms with Gasteiger partial charge in [0, 0.05) is 27.5 Å². The molecule has 4 aromatic heterocycles. The molecule has 0 radical (unpaired) electrons. The molecular weight excluding hydrogens is 757 g/mol. The minimum absolute atomic E-state index is 0.869. The predicted molar refractivity (Wildman–Crippen MR) is 257 cm³/mol. The summed E-state index contributed by atoms with van der Waals surface area (Å²) in [6.45, 7) is 0. The highest BCUT2D eigenvalue weighted by Crippen LogP contribution is 2.41. The molecule has 10 aromatic carbocycles. The lowest BCUT2D eigenvalue weighted by atomic mass is 9.92. The molecule has 0 saturated heterocycles. The van der Waals surface area contributed by atoms with Gasteiger partial charge in [-0.25, -0.2) is 0 Å². The average Bonchev–Trinajstić information content (AvgIpc) is 4.07. The molecule has 0 aliphatic rings. The van der Waals surface area contributed by atoms with Crippen LogP contribution in [-0.4, -0.2) is 18.5 Å². The number of benzene rings is 10. The van der Waals surface area contributed by atoms with Crippen molar-refractivity contribution in [2.45, 2.75) is 0 Å². The van der Waals surface area contributed by atoms with E-state index in [0.29, 0.717) is 0 Å². The normalized spacial score (nSPS) is 12.2. The summed E-state index contributed by atoms with van der Waals surface area (Å²) in [5.41, 5.74) is 13.8. The third-order valence-corrected chi connectivity index (χ3v) is 13.0. The molecule has 5 heteroatoms. The highest BCUT2D eigenvalue weighted by Gasteiger charge is 2.24. The van der Waals surface area contributed by atoms with Crippen LogP contribution < -0.4 is 0 Å². The van der Waals surface area contributed by atoms with Crippen molar-refractivity contribution in [3.05, 3.63) is 206 Å². The fourth-order valence-corrected chi connectivity index (χ4v) is 10.2. The Labute approximate surface area is 354 Å². The lowest BCUT2D eigenvalue weighted by Gasteiger charge is -2.13. The lowest BCUT2D eigenvalue weighted by Crippen LogP contribution is -1.97. The van der Waals surface area contributed by atoms with Crippen molar-refractivity contribution >= 4 is 93.1 Å². The van der Waals surface area contributed by atoms with Gasteiger partial charge in [-0.3, -0.25) is 13.5 Å². The summed E-state index contributed by atoms with van der Waals surface area (Å²) >= 11 is 0. The first-order valence-electron chi connectivity index (χ1n) is 21.1. The van der Waals surface area contributed by atoms with Crippen LogP contribution in [0.15, 0.2) is 211 Å². The Morgan fingerprint density at radius 1 is 0.323 bits per heavy atom. The molecule has 62 heavy (non-hydrogen) atoms. The van der Waals surface area contributed by atoms with Crippen molar-refractivity contribution in [1.29, 1.82) is 0 Å². The molecule has 288 valence electrons. The van der Waals surface area contributed by atoms with Crippen LogP contribution in [0.4, 0.5) is 0 Å². The minimum Gasteiger partial charge on any atom is -0.456 e. The summed E-state index contributed by atoms with van der Waals surface area (Å²) in [5.74, 6) is 0.869. The highest BCUT2D eigenvalue weighted by molar-refractivity contribution is 6.25. The Hall–Kier alpha value is -8.41. The molecular formula is C57H34N4O. The fraction of sp³-hybridized carbons (Fsp3) is 0. The van der Waals surface area contributed by atoms with Crippen LogP contribution in [0.5, 0.6) is 0 Å². The van der Waals surface area contributed by atoms with Crippen LogP contribution in [0.2, 0.25) is 0 Å². The smallest absolute Gasteiger partial charge is 0.222 e. The molecule has 0 bridgehead atoms. The monoisotopic (exact) mass is 790 g/mol. The van der Waals surface area contributed by atoms with E-state index in [1.54, 1.807) is 0 Å². The van der Waals surface area contributed by atoms with Gasteiger partial charge in [-0.1, -0.05) is 140 Å². The van der Waals surface area contributed by atoms with Crippen LogP contribution in [0, 0.1) is 0 Å². The molecule has 0 fully saturated rings. The summed E-state index contributed by atoms with van der Waals surface area (Å²) in [6, 6.07) is 74.3. The topological polar surface area (TPSA) is 40.3 Å². The summed E-state index contributed by atoms with van der Waals surface area (Å²) in [5, 5.41) is 11.0. The van der Waals surface area contributed by atoms with Crippen LogP contribution in [0.25, 0.3) is 127 Å². The van der Waals surface area contributed by atoms with E-state index in [9.17, 15) is 0 Å². The van der Waals surface area contributed by atoms with Gasteiger partial charge in [0.1, 0.15) is 16.7 Å². The number of fused-ring (bicyclic) bond motifs is 16. The van der Waals surface area contributed by atoms with Crippen LogP contribution in [0.1, 0.15) is 0 Å². The predicted octanol–water partition coefficient (Wildman–Crippen LogP) is 15.1. The second-order valence-electron chi connectivity index (χ2n) is 16.4. The molecule has 0 amide bonds. The van der Waals surface area contributed by atoms with E-state index in [4.69, 9.17) is 9.40 Å². The SMILES string of the molecule is c1ccc(-n2c3cc(-c4ccc5oc6ccccc6c5c4)ccc3n3c4c5ccccc5n(-c5cccc(-c6ccc7c8ccccc8c8ccccc8c7c6)c5)c4nc23)cc1. The number of hydrogen-bond donors (Lipinski definition) is 0. The molecule has 0 spiro atoms. The Kier molecular flexibility index (Phi) is 6.77. The standard InChI is InChI=1S/C57H34N4O/c1-2-14-39(15-3-1)60-52-34-38(37-27-30-54-49(33-37)46-21-9-11-24-53(46)62-54)26-29-51(52)61-55-47-22-8-10-23-50(47)59(56(55)58-57(60)61)40-16-12-13-35(31-40)36-25-28-45-43-19-5-4-17-41(43)42-18-6-7-20-44(42)48(45)32-36/h1-34H. The Balaban J connectivity index is 0.981. The van der Waals surface area contributed by atoms with Crippen molar-refractivity contribution in [3.8, 4) is 33.6 Å². The number of nitrogens with zero attached hydrogens (tertiary/aromatic N) is 4. The summed E-state index contributed by atoms with van der Waals surface area (Å²) in [7, 11) is 0. The van der Waals surface area contributed by atoms with Crippen molar-refractivity contribution in [3.63, 3.8) is 0 Å². The van der Waals surface area contributed by atoms with Gasteiger partial charge in [0.2, 0.25) is 5.78 Å². The first-order valence-corrected chi connectivity index (χ1v) is 21.1.